The average molecular weight is 837 g/mol. The average Bonchev–Trinajstić information content (AvgIpc) is 3.90. The van der Waals surface area contributed by atoms with E-state index in [4.69, 9.17) is 22.9 Å². The van der Waals surface area contributed by atoms with Gasteiger partial charge in [-0.1, -0.05) is 27.7 Å². The molecule has 0 saturated carbocycles. The molecular weight excluding hydrogens is 765 g/mol. The van der Waals surface area contributed by atoms with Crippen LogP contribution in [0.4, 0.5) is 0 Å². The number of hydrogen-bond acceptors (Lipinski definition) is 11. The van der Waals surface area contributed by atoms with Gasteiger partial charge in [-0.3, -0.25) is 33.8 Å². The molecule has 20 heteroatoms. The normalized spacial score (nSPS) is 18.9. The number of aliphatic carboxylic acids is 1. The number of carbonyl (C=O) groups is 7. The van der Waals surface area contributed by atoms with Gasteiger partial charge in [-0.25, -0.2) is 4.79 Å². The molecule has 0 unspecified atom stereocenters. The Bertz CT molecular complexity index is 1420. The van der Waals surface area contributed by atoms with Crippen LogP contribution in [-0.4, -0.2) is 132 Å². The number of aliphatic imine (C=N–C) groups is 1. The molecule has 0 radical (unpaired) electrons. The van der Waals surface area contributed by atoms with Gasteiger partial charge in [0, 0.05) is 13.1 Å². The molecule has 59 heavy (non-hydrogen) atoms. The van der Waals surface area contributed by atoms with Crippen molar-refractivity contribution >= 4 is 47.4 Å². The molecule has 2 saturated heterocycles. The molecule has 2 aliphatic heterocycles. The summed E-state index contributed by atoms with van der Waals surface area (Å²) >= 11 is 0. The van der Waals surface area contributed by atoms with Crippen LogP contribution in [0.1, 0.15) is 111 Å². The van der Waals surface area contributed by atoms with Gasteiger partial charge in [-0.2, -0.15) is 0 Å². The minimum atomic E-state index is -1.16. The van der Waals surface area contributed by atoms with Gasteiger partial charge in [-0.15, -0.1) is 0 Å². The predicted octanol–water partition coefficient (Wildman–Crippen LogP) is -1.75. The fourth-order valence-corrected chi connectivity index (χ4v) is 7.23. The molecule has 0 aromatic rings. The lowest BCUT2D eigenvalue weighted by Crippen LogP contribution is -2.60. The van der Waals surface area contributed by atoms with Gasteiger partial charge in [0.1, 0.15) is 36.3 Å². The Balaban J connectivity index is 2.33. The maximum atomic E-state index is 14.1. The summed E-state index contributed by atoms with van der Waals surface area (Å²) in [6, 6.07) is -6.83. The predicted molar refractivity (Wildman–Crippen MR) is 223 cm³/mol. The highest BCUT2D eigenvalue weighted by atomic mass is 16.4. The van der Waals surface area contributed by atoms with E-state index in [-0.39, 0.29) is 63.0 Å². The molecule has 6 amide bonds. The van der Waals surface area contributed by atoms with Crippen LogP contribution in [0.25, 0.3) is 0 Å². The fourth-order valence-electron chi connectivity index (χ4n) is 7.23. The molecule has 15 N–H and O–H groups in total. The van der Waals surface area contributed by atoms with E-state index in [1.54, 1.807) is 13.8 Å². The summed E-state index contributed by atoms with van der Waals surface area (Å²) in [4.78, 5) is 99.5. The lowest BCUT2D eigenvalue weighted by Gasteiger charge is -2.31. The summed E-state index contributed by atoms with van der Waals surface area (Å²) in [7, 11) is 0. The number of carboxylic acid groups (broad SMARTS) is 1. The van der Waals surface area contributed by atoms with Crippen molar-refractivity contribution in [3.05, 3.63) is 0 Å². The lowest BCUT2D eigenvalue weighted by atomic mass is 9.98. The van der Waals surface area contributed by atoms with Gasteiger partial charge in [0.05, 0.1) is 6.04 Å². The van der Waals surface area contributed by atoms with E-state index in [9.17, 15) is 38.7 Å². The smallest absolute Gasteiger partial charge is 0.326 e. The van der Waals surface area contributed by atoms with Crippen molar-refractivity contribution in [3.63, 3.8) is 0 Å². The molecule has 2 fully saturated rings. The van der Waals surface area contributed by atoms with E-state index >= 15 is 0 Å². The molecular formula is C39H72N12O8. The SMILES string of the molecule is CC(C)C[C@H](NC(=O)[C@H](CCCCN)NC(=O)[C@H](CCCN=C(N)N)NC(=O)[C@H](CCCCN)NC(=O)[C@H]1CCCN1)C(=O)N[C@H](C(=O)N1CCC[C@@H]1C(=O)O)C(C)C. The number of guanidine groups is 1. The summed E-state index contributed by atoms with van der Waals surface area (Å²) in [5, 5.41) is 26.8. The molecule has 0 aliphatic carbocycles. The highest BCUT2D eigenvalue weighted by Gasteiger charge is 2.40. The van der Waals surface area contributed by atoms with E-state index in [0.29, 0.717) is 64.6 Å². The molecule has 336 valence electrons. The van der Waals surface area contributed by atoms with Gasteiger partial charge in [0.15, 0.2) is 5.96 Å². The Labute approximate surface area is 348 Å². The Morgan fingerprint density at radius 1 is 0.712 bits per heavy atom. The van der Waals surface area contributed by atoms with Crippen LogP contribution in [-0.2, 0) is 33.6 Å². The monoisotopic (exact) mass is 837 g/mol. The zero-order valence-corrected chi connectivity index (χ0v) is 35.4. The third-order valence-corrected chi connectivity index (χ3v) is 10.5. The lowest BCUT2D eigenvalue weighted by molar-refractivity contribution is -0.150. The Hall–Kier alpha value is -4.56. The van der Waals surface area contributed by atoms with Gasteiger partial charge < -0.3 is 64.8 Å². The highest BCUT2D eigenvalue weighted by molar-refractivity contribution is 5.97. The minimum Gasteiger partial charge on any atom is -0.480 e. The van der Waals surface area contributed by atoms with Crippen molar-refractivity contribution in [2.75, 3.05) is 32.7 Å². The number of carboxylic acids is 1. The van der Waals surface area contributed by atoms with E-state index < -0.39 is 83.7 Å². The van der Waals surface area contributed by atoms with Crippen LogP contribution in [0, 0.1) is 11.8 Å². The maximum Gasteiger partial charge on any atom is 0.326 e. The fraction of sp³-hybridized carbons (Fsp3) is 0.795. The van der Waals surface area contributed by atoms with Crippen molar-refractivity contribution in [3.8, 4) is 0 Å². The molecule has 0 aromatic carbocycles. The van der Waals surface area contributed by atoms with Crippen LogP contribution in [0.5, 0.6) is 0 Å². The van der Waals surface area contributed by atoms with Crippen molar-refractivity contribution in [2.45, 2.75) is 153 Å². The second-order valence-electron chi connectivity index (χ2n) is 16.3. The molecule has 2 rings (SSSR count). The zero-order chi connectivity index (χ0) is 44.1. The van der Waals surface area contributed by atoms with Gasteiger partial charge in [0.2, 0.25) is 35.4 Å². The van der Waals surface area contributed by atoms with Crippen molar-refractivity contribution < 1.29 is 38.7 Å². The second kappa shape index (κ2) is 26.5. The molecule has 20 nitrogen and oxygen atoms in total. The number of rotatable bonds is 27. The molecule has 7 atom stereocenters. The topological polar surface area (TPSA) is 332 Å². The zero-order valence-electron chi connectivity index (χ0n) is 35.4. The van der Waals surface area contributed by atoms with E-state index in [0.717, 1.165) is 6.42 Å². The van der Waals surface area contributed by atoms with E-state index in [2.05, 4.69) is 36.9 Å². The standard InChI is InChI=1S/C39H72N12O8/c1-23(2)22-29(36(56)50-31(24(3)4)37(57)51-21-11-16-30(51)38(58)59)49-35(55)27(13-6-8-18-41)47-34(54)28(15-10-20-45-39(42)43)48-33(53)26(12-5-7-17-40)46-32(52)25-14-9-19-44-25/h23-31,44H,5-22,40-41H2,1-4H3,(H,46,52)(H,47,54)(H,48,53)(H,49,55)(H,50,56)(H,58,59)(H4,42,43,45)/t25-,26+,27+,28+,29+,30-,31+/m1/s1. The summed E-state index contributed by atoms with van der Waals surface area (Å²) < 4.78 is 0. The van der Waals surface area contributed by atoms with Crippen LogP contribution < -0.4 is 54.8 Å². The molecule has 0 spiro atoms. The maximum absolute atomic E-state index is 14.1. The largest absolute Gasteiger partial charge is 0.480 e. The van der Waals surface area contributed by atoms with Gasteiger partial charge in [-0.05, 0) is 115 Å². The number of unbranched alkanes of at least 4 members (excludes halogenated alkanes) is 2. The van der Waals surface area contributed by atoms with Crippen molar-refractivity contribution in [1.29, 1.82) is 0 Å². The van der Waals surface area contributed by atoms with Crippen LogP contribution in [0.2, 0.25) is 0 Å². The molecule has 2 heterocycles. The number of nitrogens with one attached hydrogen (secondary N) is 6. The second-order valence-corrected chi connectivity index (χ2v) is 16.3. The molecule has 2 aliphatic rings. The third kappa shape index (κ3) is 17.7. The van der Waals surface area contributed by atoms with Gasteiger partial charge >= 0.3 is 5.97 Å². The molecule has 0 bridgehead atoms. The first kappa shape index (κ1) is 50.6. The van der Waals surface area contributed by atoms with Crippen LogP contribution in [0.15, 0.2) is 4.99 Å². The van der Waals surface area contributed by atoms with E-state index in [1.165, 1.54) is 4.90 Å². The van der Waals surface area contributed by atoms with E-state index in [1.807, 2.05) is 13.8 Å². The number of nitrogens with two attached hydrogens (primary N) is 4. The number of likely N-dealkylation sites (tertiary alicyclic amines) is 1. The number of hydrogen-bond donors (Lipinski definition) is 11. The van der Waals surface area contributed by atoms with Crippen LogP contribution in [0.3, 0.4) is 0 Å². The minimum absolute atomic E-state index is 0.0768. The summed E-state index contributed by atoms with van der Waals surface area (Å²) in [5.74, 6) is -5.08. The Morgan fingerprint density at radius 3 is 1.71 bits per heavy atom. The summed E-state index contributed by atoms with van der Waals surface area (Å²) in [6.07, 6.45) is 5.47. The van der Waals surface area contributed by atoms with Gasteiger partial charge in [0.25, 0.3) is 0 Å². The quantitative estimate of drug-likeness (QED) is 0.0249. The van der Waals surface area contributed by atoms with Crippen molar-refractivity contribution in [1.82, 2.24) is 36.8 Å². The first-order chi connectivity index (χ1) is 28.0. The molecule has 0 aromatic heterocycles. The number of carbonyl (C=O) groups excluding carboxylic acids is 6. The summed E-state index contributed by atoms with van der Waals surface area (Å²) in [6.45, 7) is 9.05. The van der Waals surface area contributed by atoms with Crippen molar-refractivity contribution in [2.24, 2.45) is 39.8 Å². The first-order valence-electron chi connectivity index (χ1n) is 21.2. The Morgan fingerprint density at radius 2 is 1.24 bits per heavy atom. The highest BCUT2D eigenvalue weighted by Crippen LogP contribution is 2.21. The Kier molecular flexibility index (Phi) is 22.7. The first-order valence-corrected chi connectivity index (χ1v) is 21.2. The van der Waals surface area contributed by atoms with Crippen LogP contribution >= 0.6 is 0 Å². The summed E-state index contributed by atoms with van der Waals surface area (Å²) in [5.41, 5.74) is 22.4. The third-order valence-electron chi connectivity index (χ3n) is 10.5. The number of amides is 6. The number of nitrogens with zero attached hydrogens (tertiary/aromatic N) is 2.